The van der Waals surface area contributed by atoms with Gasteiger partial charge in [-0.25, -0.2) is 0 Å². The first-order valence-electron chi connectivity index (χ1n) is 13.0. The van der Waals surface area contributed by atoms with Crippen molar-refractivity contribution in [3.8, 4) is 5.75 Å². The van der Waals surface area contributed by atoms with Gasteiger partial charge >= 0.3 is 0 Å². The molecule has 3 N–H and O–H groups in total. The number of hydrogen-bond donors (Lipinski definition) is 3. The van der Waals surface area contributed by atoms with Crippen molar-refractivity contribution in [1.29, 1.82) is 0 Å². The van der Waals surface area contributed by atoms with Crippen LogP contribution >= 0.6 is 22.6 Å². The number of halogens is 1. The van der Waals surface area contributed by atoms with Crippen LogP contribution in [0.4, 0.5) is 0 Å². The Morgan fingerprint density at radius 1 is 1.22 bits per heavy atom. The van der Waals surface area contributed by atoms with Crippen LogP contribution in [0.15, 0.2) is 48.6 Å². The molecule has 1 aromatic rings. The second-order valence-electron chi connectivity index (χ2n) is 9.13. The molecule has 0 bridgehead atoms. The topological polar surface area (TPSA) is 99.1 Å². The Bertz CT molecular complexity index is 875. The summed E-state index contributed by atoms with van der Waals surface area (Å²) in [5, 5.41) is 23.3. The van der Waals surface area contributed by atoms with Crippen LogP contribution in [0.5, 0.6) is 5.75 Å². The summed E-state index contributed by atoms with van der Waals surface area (Å²) in [6, 6.07) is 6.92. The summed E-state index contributed by atoms with van der Waals surface area (Å²) < 4.78 is 7.08. The maximum absolute atomic E-state index is 13.4. The van der Waals surface area contributed by atoms with Crippen LogP contribution in [0.25, 0.3) is 0 Å². The SMILES string of the molecule is C=CCCCCC(=O)N(CCCCCC)[C@@H]1CC(C(=O)NCCO)=C[C@H](Oc2ccccc2I)[C@H]1O. The van der Waals surface area contributed by atoms with Gasteiger partial charge < -0.3 is 25.2 Å². The van der Waals surface area contributed by atoms with E-state index in [2.05, 4.69) is 41.4 Å². The molecule has 1 aromatic carbocycles. The smallest absolute Gasteiger partial charge is 0.247 e. The Morgan fingerprint density at radius 3 is 2.69 bits per heavy atom. The Kier molecular flexibility index (Phi) is 14.1. The van der Waals surface area contributed by atoms with Crippen LogP contribution in [0, 0.1) is 3.57 Å². The summed E-state index contributed by atoms with van der Waals surface area (Å²) in [7, 11) is 0. The molecular weight excluding hydrogens is 571 g/mol. The number of nitrogens with zero attached hydrogens (tertiary/aromatic N) is 1. The maximum Gasteiger partial charge on any atom is 0.247 e. The van der Waals surface area contributed by atoms with Crippen LogP contribution in [0.1, 0.15) is 64.7 Å². The zero-order valence-electron chi connectivity index (χ0n) is 21.3. The number of amides is 2. The lowest BCUT2D eigenvalue weighted by Crippen LogP contribution is -2.55. The fraction of sp³-hybridized carbons (Fsp3) is 0.571. The average Bonchev–Trinajstić information content (AvgIpc) is 2.88. The summed E-state index contributed by atoms with van der Waals surface area (Å²) in [5.74, 6) is 0.283. The molecule has 8 heteroatoms. The molecule has 0 saturated carbocycles. The predicted molar refractivity (Wildman–Crippen MR) is 151 cm³/mol. The standard InChI is InChI=1S/C28H41IN2O5/c1-3-5-7-9-15-26(33)31(17-12-8-6-4-2)23-19-21(28(35)30-16-18-32)20-25(27(23)34)36-24-14-11-10-13-22(24)29/h3,10-11,13-14,20,23,25,27,32,34H,1,4-9,12,15-19H2,2H3,(H,30,35)/t23-,25+,27+/m1/s1. The largest absolute Gasteiger partial charge is 0.482 e. The van der Waals surface area contributed by atoms with E-state index in [4.69, 9.17) is 9.84 Å². The van der Waals surface area contributed by atoms with Crippen molar-refractivity contribution in [2.45, 2.75) is 83.0 Å². The minimum atomic E-state index is -0.987. The van der Waals surface area contributed by atoms with Crippen molar-refractivity contribution >= 4 is 34.4 Å². The molecule has 3 atom stereocenters. The third kappa shape index (κ3) is 9.52. The lowest BCUT2D eigenvalue weighted by atomic mass is 9.87. The zero-order chi connectivity index (χ0) is 26.3. The number of aliphatic hydroxyl groups is 2. The van der Waals surface area contributed by atoms with E-state index >= 15 is 0 Å². The summed E-state index contributed by atoms with van der Waals surface area (Å²) in [6.45, 7) is 6.38. The quantitative estimate of drug-likeness (QED) is 0.147. The first kappa shape index (κ1) is 30.3. The van der Waals surface area contributed by atoms with E-state index < -0.39 is 18.2 Å². The molecule has 0 radical (unpaired) electrons. The molecule has 2 amide bonds. The number of allylic oxidation sites excluding steroid dienone is 1. The van der Waals surface area contributed by atoms with Crippen LogP contribution < -0.4 is 10.1 Å². The molecule has 0 unspecified atom stereocenters. The van der Waals surface area contributed by atoms with E-state index in [-0.39, 0.29) is 31.4 Å². The third-order valence-electron chi connectivity index (χ3n) is 6.34. The number of aliphatic hydroxyl groups excluding tert-OH is 2. The van der Waals surface area contributed by atoms with Crippen molar-refractivity contribution in [2.75, 3.05) is 19.7 Å². The molecule has 0 aromatic heterocycles. The van der Waals surface area contributed by atoms with Gasteiger partial charge in [0, 0.05) is 31.5 Å². The number of carbonyl (C=O) groups excluding carboxylic acids is 2. The van der Waals surface area contributed by atoms with Gasteiger partial charge in [-0.05, 0) is 66.5 Å². The van der Waals surface area contributed by atoms with Crippen LogP contribution in [-0.4, -0.2) is 64.9 Å². The maximum atomic E-state index is 13.4. The predicted octanol–water partition coefficient (Wildman–Crippen LogP) is 4.36. The van der Waals surface area contributed by atoms with E-state index in [0.29, 0.717) is 24.3 Å². The number of unbranched alkanes of at least 4 members (excludes halogenated alkanes) is 5. The zero-order valence-corrected chi connectivity index (χ0v) is 23.5. The Balaban J connectivity index is 2.31. The fourth-order valence-electron chi connectivity index (χ4n) is 4.36. The van der Waals surface area contributed by atoms with Crippen LogP contribution in [-0.2, 0) is 9.59 Å². The monoisotopic (exact) mass is 612 g/mol. The van der Waals surface area contributed by atoms with Gasteiger partial charge in [0.05, 0.1) is 16.2 Å². The highest BCUT2D eigenvalue weighted by molar-refractivity contribution is 14.1. The van der Waals surface area contributed by atoms with Crippen LogP contribution in [0.2, 0.25) is 0 Å². The molecule has 1 aliphatic rings. The number of benzene rings is 1. The van der Waals surface area contributed by atoms with Gasteiger partial charge in [0.1, 0.15) is 18.0 Å². The van der Waals surface area contributed by atoms with Gasteiger partial charge in [0.2, 0.25) is 11.8 Å². The van der Waals surface area contributed by atoms with Crippen molar-refractivity contribution in [3.05, 3.63) is 52.1 Å². The molecular formula is C28H41IN2O5. The van der Waals surface area contributed by atoms with Gasteiger partial charge in [-0.3, -0.25) is 9.59 Å². The molecule has 7 nitrogen and oxygen atoms in total. The number of nitrogens with one attached hydrogen (secondary N) is 1. The van der Waals surface area contributed by atoms with Gasteiger partial charge in [-0.2, -0.15) is 0 Å². The Labute approximate surface area is 229 Å². The third-order valence-corrected chi connectivity index (χ3v) is 7.23. The Hall–Kier alpha value is -1.91. The van der Waals surface area contributed by atoms with Gasteiger partial charge in [0.25, 0.3) is 0 Å². The normalized spacial score (nSPS) is 19.3. The fourth-order valence-corrected chi connectivity index (χ4v) is 4.87. The molecule has 0 aliphatic heterocycles. The number of hydrogen-bond acceptors (Lipinski definition) is 5. The van der Waals surface area contributed by atoms with E-state index in [0.717, 1.165) is 48.5 Å². The highest BCUT2D eigenvalue weighted by atomic mass is 127. The lowest BCUT2D eigenvalue weighted by molar-refractivity contribution is -0.138. The molecule has 0 heterocycles. The van der Waals surface area contributed by atoms with Crippen molar-refractivity contribution in [3.63, 3.8) is 0 Å². The minimum Gasteiger partial charge on any atom is -0.482 e. The second kappa shape index (κ2) is 16.8. The van der Waals surface area contributed by atoms with Gasteiger partial charge in [-0.15, -0.1) is 6.58 Å². The summed E-state index contributed by atoms with van der Waals surface area (Å²) in [6.07, 6.45) is 8.87. The average molecular weight is 613 g/mol. The number of carbonyl (C=O) groups is 2. The Morgan fingerprint density at radius 2 is 2.00 bits per heavy atom. The number of para-hydroxylation sites is 1. The van der Waals surface area contributed by atoms with Crippen molar-refractivity contribution < 1.29 is 24.5 Å². The van der Waals surface area contributed by atoms with Crippen LogP contribution in [0.3, 0.4) is 0 Å². The number of ether oxygens (including phenoxy) is 1. The van der Waals surface area contributed by atoms with E-state index in [1.54, 1.807) is 11.0 Å². The summed E-state index contributed by atoms with van der Waals surface area (Å²) >= 11 is 2.17. The lowest BCUT2D eigenvalue weighted by Gasteiger charge is -2.40. The van der Waals surface area contributed by atoms with Gasteiger partial charge in [0.15, 0.2) is 0 Å². The minimum absolute atomic E-state index is 0.00957. The second-order valence-corrected chi connectivity index (χ2v) is 10.3. The highest BCUT2D eigenvalue weighted by Crippen LogP contribution is 2.30. The molecule has 36 heavy (non-hydrogen) atoms. The van der Waals surface area contributed by atoms with E-state index in [1.165, 1.54) is 0 Å². The molecule has 1 aliphatic carbocycles. The molecule has 200 valence electrons. The van der Waals surface area contributed by atoms with E-state index in [9.17, 15) is 14.7 Å². The molecule has 0 saturated heterocycles. The summed E-state index contributed by atoms with van der Waals surface area (Å²) in [5.41, 5.74) is 0.452. The van der Waals surface area contributed by atoms with Crippen molar-refractivity contribution in [1.82, 2.24) is 10.2 Å². The highest BCUT2D eigenvalue weighted by Gasteiger charge is 2.40. The summed E-state index contributed by atoms with van der Waals surface area (Å²) in [4.78, 5) is 28.0. The molecule has 0 spiro atoms. The molecule has 0 fully saturated rings. The van der Waals surface area contributed by atoms with Crippen molar-refractivity contribution in [2.24, 2.45) is 0 Å². The molecule has 2 rings (SSSR count). The van der Waals surface area contributed by atoms with E-state index in [1.807, 2.05) is 30.3 Å². The first-order chi connectivity index (χ1) is 17.4. The first-order valence-corrected chi connectivity index (χ1v) is 14.1. The number of rotatable bonds is 16. The van der Waals surface area contributed by atoms with Gasteiger partial charge in [-0.1, -0.05) is 44.4 Å².